The van der Waals surface area contributed by atoms with E-state index in [-0.39, 0.29) is 5.91 Å². The van der Waals surface area contributed by atoms with Gasteiger partial charge in [0.1, 0.15) is 6.04 Å². The lowest BCUT2D eigenvalue weighted by Crippen LogP contribution is -2.49. The Hall–Kier alpha value is -2.05. The Kier molecular flexibility index (Phi) is 7.89. The average molecular weight is 423 g/mol. The van der Waals surface area contributed by atoms with Gasteiger partial charge in [-0.3, -0.25) is 9.10 Å². The maximum atomic E-state index is 12.8. The minimum atomic E-state index is -3.67. The summed E-state index contributed by atoms with van der Waals surface area (Å²) in [6.45, 7) is 4.08. The first-order valence-corrected chi connectivity index (χ1v) is 11.5. The van der Waals surface area contributed by atoms with Crippen LogP contribution in [0.15, 0.2) is 48.5 Å². The largest absolute Gasteiger partial charge is 0.354 e. The van der Waals surface area contributed by atoms with E-state index in [1.807, 2.05) is 30.3 Å². The van der Waals surface area contributed by atoms with Crippen molar-refractivity contribution in [2.24, 2.45) is 0 Å². The number of nitrogens with zero attached hydrogens (tertiary/aromatic N) is 1. The van der Waals surface area contributed by atoms with Gasteiger partial charge in [0.05, 0.1) is 11.9 Å². The maximum Gasteiger partial charge on any atom is 0.243 e. The van der Waals surface area contributed by atoms with E-state index < -0.39 is 16.1 Å². The van der Waals surface area contributed by atoms with Crippen molar-refractivity contribution < 1.29 is 13.2 Å². The molecule has 28 heavy (non-hydrogen) atoms. The molecule has 5 nitrogen and oxygen atoms in total. The predicted octanol–water partition coefficient (Wildman–Crippen LogP) is 3.94. The van der Waals surface area contributed by atoms with Crippen molar-refractivity contribution in [1.29, 1.82) is 0 Å². The van der Waals surface area contributed by atoms with Gasteiger partial charge in [-0.2, -0.15) is 0 Å². The quantitative estimate of drug-likeness (QED) is 0.622. The number of benzene rings is 2. The molecule has 152 valence electrons. The summed E-state index contributed by atoms with van der Waals surface area (Å²) in [6, 6.07) is 14.2. The second-order valence-corrected chi connectivity index (χ2v) is 9.09. The summed E-state index contributed by atoms with van der Waals surface area (Å²) in [5.41, 5.74) is 2.38. The molecule has 0 aliphatic rings. The van der Waals surface area contributed by atoms with E-state index in [0.717, 1.165) is 24.7 Å². The Morgan fingerprint density at radius 1 is 1.18 bits per heavy atom. The number of aryl methyl sites for hydroxylation is 2. The van der Waals surface area contributed by atoms with Gasteiger partial charge < -0.3 is 5.32 Å². The number of hydrogen-bond acceptors (Lipinski definition) is 3. The lowest BCUT2D eigenvalue weighted by Gasteiger charge is -2.31. The number of anilines is 1. The molecule has 1 unspecified atom stereocenters. The molecule has 0 aliphatic heterocycles. The summed E-state index contributed by atoms with van der Waals surface area (Å²) in [5.74, 6) is -0.305. The fraction of sp³-hybridized carbons (Fsp3) is 0.381. The van der Waals surface area contributed by atoms with Crippen LogP contribution in [0.3, 0.4) is 0 Å². The van der Waals surface area contributed by atoms with E-state index in [1.165, 1.54) is 9.87 Å². The monoisotopic (exact) mass is 422 g/mol. The molecular formula is C21H27ClN2O3S. The summed E-state index contributed by atoms with van der Waals surface area (Å²) in [5, 5.41) is 3.31. The van der Waals surface area contributed by atoms with Gasteiger partial charge in [-0.15, -0.1) is 0 Å². The molecule has 1 N–H and O–H groups in total. The Labute approximate surface area is 172 Å². The molecule has 0 aromatic heterocycles. The van der Waals surface area contributed by atoms with E-state index >= 15 is 0 Å². The Morgan fingerprint density at radius 2 is 1.86 bits per heavy atom. The van der Waals surface area contributed by atoms with Crippen molar-refractivity contribution in [3.63, 3.8) is 0 Å². The van der Waals surface area contributed by atoms with Gasteiger partial charge in [0.2, 0.25) is 15.9 Å². The fourth-order valence-electron chi connectivity index (χ4n) is 3.12. The molecule has 1 amide bonds. The van der Waals surface area contributed by atoms with Crippen molar-refractivity contribution in [2.75, 3.05) is 17.1 Å². The van der Waals surface area contributed by atoms with E-state index in [4.69, 9.17) is 11.6 Å². The topological polar surface area (TPSA) is 66.5 Å². The van der Waals surface area contributed by atoms with Crippen molar-refractivity contribution in [1.82, 2.24) is 5.32 Å². The molecule has 0 aliphatic carbocycles. The summed E-state index contributed by atoms with van der Waals surface area (Å²) in [7, 11) is -3.67. The third kappa shape index (κ3) is 5.97. The number of carbonyl (C=O) groups is 1. The first-order valence-electron chi connectivity index (χ1n) is 9.31. The van der Waals surface area contributed by atoms with Gasteiger partial charge in [0.25, 0.3) is 0 Å². The van der Waals surface area contributed by atoms with Gasteiger partial charge in [-0.25, -0.2) is 8.42 Å². The third-order valence-corrected chi connectivity index (χ3v) is 5.92. The first-order chi connectivity index (χ1) is 13.2. The van der Waals surface area contributed by atoms with E-state index in [1.54, 1.807) is 32.0 Å². The number of nitrogens with one attached hydrogen (secondary N) is 1. The lowest BCUT2D eigenvalue weighted by molar-refractivity contribution is -0.122. The van der Waals surface area contributed by atoms with Crippen molar-refractivity contribution in [3.05, 3.63) is 64.7 Å². The average Bonchev–Trinajstić information content (AvgIpc) is 2.65. The molecule has 2 aromatic rings. The highest BCUT2D eigenvalue weighted by Gasteiger charge is 2.32. The van der Waals surface area contributed by atoms with Crippen LogP contribution in [0.5, 0.6) is 0 Å². The Morgan fingerprint density at radius 3 is 2.46 bits per heavy atom. The summed E-state index contributed by atoms with van der Waals surface area (Å²) >= 11 is 6.08. The number of rotatable bonds is 9. The van der Waals surface area contributed by atoms with Gasteiger partial charge in [-0.05, 0) is 49.4 Å². The zero-order chi connectivity index (χ0) is 20.7. The lowest BCUT2D eigenvalue weighted by atomic mass is 10.1. The van der Waals surface area contributed by atoms with Crippen LogP contribution in [-0.2, 0) is 21.2 Å². The van der Waals surface area contributed by atoms with Crippen molar-refractivity contribution >= 4 is 33.2 Å². The van der Waals surface area contributed by atoms with E-state index in [2.05, 4.69) is 5.32 Å². The van der Waals surface area contributed by atoms with Gasteiger partial charge >= 0.3 is 0 Å². The van der Waals surface area contributed by atoms with Gasteiger partial charge in [-0.1, -0.05) is 54.9 Å². The molecule has 0 saturated carbocycles. The van der Waals surface area contributed by atoms with Gasteiger partial charge in [0.15, 0.2) is 0 Å². The molecule has 1 atom stereocenters. The van der Waals surface area contributed by atoms with Crippen LogP contribution in [-0.4, -0.2) is 33.2 Å². The smallest absolute Gasteiger partial charge is 0.243 e. The maximum absolute atomic E-state index is 12.8. The number of hydrogen-bond donors (Lipinski definition) is 1. The number of amides is 1. The molecule has 7 heteroatoms. The van der Waals surface area contributed by atoms with Crippen molar-refractivity contribution in [2.45, 2.75) is 39.2 Å². The van der Waals surface area contributed by atoms with Gasteiger partial charge in [0, 0.05) is 11.6 Å². The minimum Gasteiger partial charge on any atom is -0.354 e. The number of carbonyl (C=O) groups excluding carboxylic acids is 1. The zero-order valence-electron chi connectivity index (χ0n) is 16.5. The Bertz CT molecular complexity index is 901. The van der Waals surface area contributed by atoms with Crippen LogP contribution in [0.4, 0.5) is 5.69 Å². The second-order valence-electron chi connectivity index (χ2n) is 6.79. The summed E-state index contributed by atoms with van der Waals surface area (Å²) < 4.78 is 26.2. The summed E-state index contributed by atoms with van der Waals surface area (Å²) in [4.78, 5) is 12.8. The van der Waals surface area contributed by atoms with Crippen molar-refractivity contribution in [3.8, 4) is 0 Å². The number of sulfonamides is 1. The highest BCUT2D eigenvalue weighted by molar-refractivity contribution is 7.92. The zero-order valence-corrected chi connectivity index (χ0v) is 18.1. The van der Waals surface area contributed by atoms with Crippen LogP contribution >= 0.6 is 11.6 Å². The number of halogens is 1. The highest BCUT2D eigenvalue weighted by atomic mass is 35.5. The fourth-order valence-corrected chi connectivity index (χ4v) is 4.55. The molecule has 2 rings (SSSR count). The second kappa shape index (κ2) is 9.94. The SMILES string of the molecule is CCC(C(=O)NCCCc1ccccc1)N(c1cc(Cl)ccc1C)S(C)(=O)=O. The third-order valence-electron chi connectivity index (χ3n) is 4.52. The van der Waals surface area contributed by atoms with Crippen LogP contribution in [0.25, 0.3) is 0 Å². The minimum absolute atomic E-state index is 0.305. The predicted molar refractivity (Wildman–Crippen MR) is 115 cm³/mol. The molecule has 0 bridgehead atoms. The Balaban J connectivity index is 2.12. The summed E-state index contributed by atoms with van der Waals surface area (Å²) in [6.07, 6.45) is 3.09. The van der Waals surface area contributed by atoms with Crippen LogP contribution < -0.4 is 9.62 Å². The van der Waals surface area contributed by atoms with E-state index in [0.29, 0.717) is 23.7 Å². The van der Waals surface area contributed by atoms with Crippen LogP contribution in [0, 0.1) is 6.92 Å². The molecule has 0 heterocycles. The molecular weight excluding hydrogens is 396 g/mol. The molecule has 0 fully saturated rings. The van der Waals surface area contributed by atoms with Crippen LogP contribution in [0.1, 0.15) is 30.9 Å². The van der Waals surface area contributed by atoms with Crippen LogP contribution in [0.2, 0.25) is 5.02 Å². The highest BCUT2D eigenvalue weighted by Crippen LogP contribution is 2.29. The molecule has 2 aromatic carbocycles. The standard InChI is InChI=1S/C21H27ClN2O3S/c1-4-19(21(25)23-14-8-11-17-9-6-5-7-10-17)24(28(3,26)27)20-15-18(22)13-12-16(20)2/h5-7,9-10,12-13,15,19H,4,8,11,14H2,1-3H3,(H,23,25). The molecule has 0 spiro atoms. The first kappa shape index (κ1) is 22.2. The molecule has 0 saturated heterocycles. The molecule has 0 radical (unpaired) electrons. The normalized spacial score (nSPS) is 12.4. The van der Waals surface area contributed by atoms with E-state index in [9.17, 15) is 13.2 Å².